The van der Waals surface area contributed by atoms with Crippen LogP contribution in [0.2, 0.25) is 0 Å². The van der Waals surface area contributed by atoms with E-state index in [1.807, 2.05) is 31.0 Å². The second-order valence-corrected chi connectivity index (χ2v) is 10.1. The summed E-state index contributed by atoms with van der Waals surface area (Å²) in [4.78, 5) is 14.1. The molecule has 39 heavy (non-hydrogen) atoms. The maximum absolute atomic E-state index is 5.84. The zero-order valence-electron chi connectivity index (χ0n) is 22.9. The number of hydrogen-bond donors (Lipinski definition) is 2. The van der Waals surface area contributed by atoms with Crippen LogP contribution in [0.3, 0.4) is 0 Å². The van der Waals surface area contributed by atoms with Gasteiger partial charge in [0.25, 0.3) is 0 Å². The fourth-order valence-electron chi connectivity index (χ4n) is 5.72. The van der Waals surface area contributed by atoms with Crippen molar-refractivity contribution in [2.75, 3.05) is 69.1 Å². The minimum absolute atomic E-state index is 0.648. The van der Waals surface area contributed by atoms with Crippen LogP contribution in [0.25, 0.3) is 22.2 Å². The van der Waals surface area contributed by atoms with Crippen LogP contribution in [-0.4, -0.2) is 84.2 Å². The Balaban J connectivity index is 1.21. The highest BCUT2D eigenvalue weighted by molar-refractivity contribution is 5.85. The molecule has 4 heterocycles. The topological polar surface area (TPSA) is 92.6 Å². The van der Waals surface area contributed by atoms with Crippen molar-refractivity contribution in [3.8, 4) is 17.0 Å². The first-order valence-electron chi connectivity index (χ1n) is 13.6. The second kappa shape index (κ2) is 11.1. The summed E-state index contributed by atoms with van der Waals surface area (Å²) < 4.78 is 13.3. The molecule has 0 atom stereocenters. The zero-order chi connectivity index (χ0) is 26.8. The molecule has 2 aliphatic rings. The molecule has 2 fully saturated rings. The Kier molecular flexibility index (Phi) is 7.21. The third kappa shape index (κ3) is 5.22. The standard InChI is InChI=1S/C29H36N8O2/c1-30-24-15-25(28(38-3)17-27(24)37-10-8-36(9-11-37)22-6-12-39-13-7-22)34-29-16-23(31-19-32-29)20-4-5-26-21(14-20)18-33-35(26)2/h4-5,14-19,22,30H,6-13H2,1-3H3,(H,31,32,34). The van der Waals surface area contributed by atoms with E-state index in [1.165, 1.54) is 0 Å². The fraction of sp³-hybridized carbons (Fsp3) is 0.414. The molecule has 4 aromatic rings. The van der Waals surface area contributed by atoms with E-state index in [2.05, 4.69) is 65.8 Å². The Morgan fingerprint density at radius 3 is 2.56 bits per heavy atom. The van der Waals surface area contributed by atoms with Crippen molar-refractivity contribution >= 4 is 33.8 Å². The number of benzene rings is 2. The quantitative estimate of drug-likeness (QED) is 0.367. The molecule has 10 heteroatoms. The fourth-order valence-corrected chi connectivity index (χ4v) is 5.72. The molecule has 0 unspecified atom stereocenters. The molecule has 2 saturated heterocycles. The van der Waals surface area contributed by atoms with E-state index >= 15 is 0 Å². The van der Waals surface area contributed by atoms with E-state index in [1.54, 1.807) is 13.4 Å². The van der Waals surface area contributed by atoms with E-state index in [0.29, 0.717) is 11.9 Å². The van der Waals surface area contributed by atoms with Crippen LogP contribution in [0.4, 0.5) is 22.9 Å². The molecule has 6 rings (SSSR count). The predicted octanol–water partition coefficient (Wildman–Crippen LogP) is 4.13. The van der Waals surface area contributed by atoms with Crippen LogP contribution < -0.4 is 20.3 Å². The van der Waals surface area contributed by atoms with Gasteiger partial charge < -0.3 is 25.0 Å². The Morgan fingerprint density at radius 2 is 1.79 bits per heavy atom. The Hall–Kier alpha value is -3.89. The molecular weight excluding hydrogens is 492 g/mol. The highest BCUT2D eigenvalue weighted by atomic mass is 16.5. The van der Waals surface area contributed by atoms with Crippen molar-refractivity contribution in [1.29, 1.82) is 0 Å². The number of aromatic nitrogens is 4. The molecule has 0 radical (unpaired) electrons. The van der Waals surface area contributed by atoms with Crippen LogP contribution in [-0.2, 0) is 11.8 Å². The van der Waals surface area contributed by atoms with Crippen molar-refractivity contribution < 1.29 is 9.47 Å². The van der Waals surface area contributed by atoms with Crippen molar-refractivity contribution in [2.24, 2.45) is 7.05 Å². The number of nitrogens with one attached hydrogen (secondary N) is 2. The number of aryl methyl sites for hydroxylation is 1. The SMILES string of the molecule is CNc1cc(Nc2cc(-c3ccc4c(cnn4C)c3)ncn2)c(OC)cc1N1CCN(C2CCOCC2)CC1. The number of rotatable bonds is 7. The molecule has 204 valence electrons. The van der Waals surface area contributed by atoms with Gasteiger partial charge in [0.2, 0.25) is 0 Å². The first-order valence-corrected chi connectivity index (χ1v) is 13.6. The maximum atomic E-state index is 5.84. The normalized spacial score (nSPS) is 16.9. The van der Waals surface area contributed by atoms with Gasteiger partial charge in [0.15, 0.2) is 0 Å². The van der Waals surface area contributed by atoms with E-state index in [9.17, 15) is 0 Å². The average molecular weight is 529 g/mol. The smallest absolute Gasteiger partial charge is 0.144 e. The van der Waals surface area contributed by atoms with Crippen LogP contribution in [0.1, 0.15) is 12.8 Å². The summed E-state index contributed by atoms with van der Waals surface area (Å²) in [6.07, 6.45) is 5.73. The lowest BCUT2D eigenvalue weighted by Gasteiger charge is -2.42. The van der Waals surface area contributed by atoms with Gasteiger partial charge in [-0.3, -0.25) is 9.58 Å². The van der Waals surface area contributed by atoms with Crippen molar-refractivity contribution in [2.45, 2.75) is 18.9 Å². The summed E-state index contributed by atoms with van der Waals surface area (Å²) in [6.45, 7) is 5.86. The van der Waals surface area contributed by atoms with E-state index < -0.39 is 0 Å². The lowest BCUT2D eigenvalue weighted by atomic mass is 10.1. The third-order valence-corrected chi connectivity index (χ3v) is 7.92. The van der Waals surface area contributed by atoms with E-state index in [-0.39, 0.29) is 0 Å². The van der Waals surface area contributed by atoms with E-state index in [4.69, 9.17) is 9.47 Å². The zero-order valence-corrected chi connectivity index (χ0v) is 22.9. The van der Waals surface area contributed by atoms with Crippen LogP contribution in [0.15, 0.2) is 48.9 Å². The second-order valence-electron chi connectivity index (χ2n) is 10.1. The van der Waals surface area contributed by atoms with Gasteiger partial charge in [-0.05, 0) is 31.0 Å². The van der Waals surface area contributed by atoms with Gasteiger partial charge >= 0.3 is 0 Å². The summed E-state index contributed by atoms with van der Waals surface area (Å²) in [5, 5.41) is 12.3. The van der Waals surface area contributed by atoms with Gasteiger partial charge in [-0.25, -0.2) is 9.97 Å². The summed E-state index contributed by atoms with van der Waals surface area (Å²) in [6, 6.07) is 13.1. The third-order valence-electron chi connectivity index (χ3n) is 7.92. The van der Waals surface area contributed by atoms with Gasteiger partial charge in [0, 0.05) is 82.6 Å². The van der Waals surface area contributed by atoms with Gasteiger partial charge in [-0.15, -0.1) is 0 Å². The van der Waals surface area contributed by atoms with Crippen molar-refractivity contribution in [1.82, 2.24) is 24.6 Å². The van der Waals surface area contributed by atoms with Gasteiger partial charge in [0.05, 0.1) is 41.6 Å². The Bertz CT molecular complexity index is 1440. The predicted molar refractivity (Wildman–Crippen MR) is 155 cm³/mol. The molecule has 0 bridgehead atoms. The average Bonchev–Trinajstić information content (AvgIpc) is 3.37. The molecule has 0 aliphatic carbocycles. The monoisotopic (exact) mass is 528 g/mol. The summed E-state index contributed by atoms with van der Waals surface area (Å²) in [5.74, 6) is 1.47. The van der Waals surface area contributed by atoms with E-state index in [0.717, 1.165) is 97.2 Å². The van der Waals surface area contributed by atoms with Crippen LogP contribution >= 0.6 is 0 Å². The molecule has 2 aromatic carbocycles. The first-order chi connectivity index (χ1) is 19.1. The number of piperazine rings is 1. The van der Waals surface area contributed by atoms with Crippen LogP contribution in [0.5, 0.6) is 5.75 Å². The van der Waals surface area contributed by atoms with Crippen molar-refractivity contribution in [3.63, 3.8) is 0 Å². The summed E-state index contributed by atoms with van der Waals surface area (Å²) in [7, 11) is 5.62. The lowest BCUT2D eigenvalue weighted by Crippen LogP contribution is -2.51. The Labute approximate surface area is 228 Å². The number of hydrogen-bond acceptors (Lipinski definition) is 9. The molecular formula is C29H36N8O2. The van der Waals surface area contributed by atoms with Gasteiger partial charge in [-0.2, -0.15) is 5.10 Å². The van der Waals surface area contributed by atoms with Gasteiger partial charge in [0.1, 0.15) is 17.9 Å². The lowest BCUT2D eigenvalue weighted by molar-refractivity contribution is 0.0321. The minimum atomic E-state index is 0.648. The summed E-state index contributed by atoms with van der Waals surface area (Å²) in [5.41, 5.74) is 5.98. The van der Waals surface area contributed by atoms with Gasteiger partial charge in [-0.1, -0.05) is 6.07 Å². The summed E-state index contributed by atoms with van der Waals surface area (Å²) >= 11 is 0. The number of fused-ring (bicyclic) bond motifs is 1. The minimum Gasteiger partial charge on any atom is -0.494 e. The molecule has 2 aromatic heterocycles. The molecule has 2 aliphatic heterocycles. The molecule has 10 nitrogen and oxygen atoms in total. The number of nitrogens with zero attached hydrogens (tertiary/aromatic N) is 6. The van der Waals surface area contributed by atoms with Crippen LogP contribution in [0, 0.1) is 0 Å². The maximum Gasteiger partial charge on any atom is 0.144 e. The number of ether oxygens (including phenoxy) is 2. The number of anilines is 4. The molecule has 0 amide bonds. The molecule has 0 spiro atoms. The number of methoxy groups -OCH3 is 1. The first kappa shape index (κ1) is 25.4. The molecule has 0 saturated carbocycles. The molecule has 2 N–H and O–H groups in total. The van der Waals surface area contributed by atoms with Crippen molar-refractivity contribution in [3.05, 3.63) is 48.9 Å². The highest BCUT2D eigenvalue weighted by Gasteiger charge is 2.27. The highest BCUT2D eigenvalue weighted by Crippen LogP contribution is 2.39. The largest absolute Gasteiger partial charge is 0.494 e. The Morgan fingerprint density at radius 1 is 0.974 bits per heavy atom.